The quantitative estimate of drug-likeness (QED) is 0.417. The molecule has 0 spiro atoms. The third kappa shape index (κ3) is 4.38. The van der Waals surface area contributed by atoms with Gasteiger partial charge in [-0.3, -0.25) is 0 Å². The van der Waals surface area contributed by atoms with Gasteiger partial charge >= 0.3 is 0 Å². The molecule has 0 atom stereocenters. The first kappa shape index (κ1) is 21.9. The Labute approximate surface area is 169 Å². The van der Waals surface area contributed by atoms with Crippen LogP contribution in [0.4, 0.5) is 0 Å². The highest BCUT2D eigenvalue weighted by Gasteiger charge is 2.20. The molecule has 0 aliphatic rings. The summed E-state index contributed by atoms with van der Waals surface area (Å²) in [6.07, 6.45) is 11.4. The van der Waals surface area contributed by atoms with Gasteiger partial charge in [-0.25, -0.2) is 0 Å². The molecule has 27 heavy (non-hydrogen) atoms. The highest BCUT2D eigenvalue weighted by Crippen LogP contribution is 2.37. The first-order valence-electron chi connectivity index (χ1n) is 10.6. The van der Waals surface area contributed by atoms with Crippen LogP contribution in [0.2, 0.25) is 0 Å². The Morgan fingerprint density at radius 1 is 0.667 bits per heavy atom. The maximum Gasteiger partial charge on any atom is 0.0125 e. The van der Waals surface area contributed by atoms with Crippen molar-refractivity contribution in [3.63, 3.8) is 0 Å². The standard InChI is InChI=1S/C26H37P/c1-9-12-21-15-22(13-10-2)25(23(16-21)14-11-3)24-19(6)17(4)18(5)20(7)26(24)27-8/h15-16H,8-14H2,1-7H3. The maximum absolute atomic E-state index is 4.29. The second-order valence-electron chi connectivity index (χ2n) is 7.92. The molecular formula is C26H37P. The number of hydrogen-bond donors (Lipinski definition) is 0. The van der Waals surface area contributed by atoms with Crippen molar-refractivity contribution < 1.29 is 0 Å². The second-order valence-corrected chi connectivity index (χ2v) is 8.68. The van der Waals surface area contributed by atoms with Crippen molar-refractivity contribution >= 4 is 19.8 Å². The van der Waals surface area contributed by atoms with Crippen molar-refractivity contribution in [1.29, 1.82) is 0 Å². The van der Waals surface area contributed by atoms with Gasteiger partial charge in [-0.15, -0.1) is 0 Å². The molecule has 0 heterocycles. The van der Waals surface area contributed by atoms with Crippen molar-refractivity contribution in [3.8, 4) is 11.1 Å². The SMILES string of the molecule is C=Pc1c(C)c(C)c(C)c(C)c1-c1c(CCC)cc(CCC)cc1CCC. The van der Waals surface area contributed by atoms with Gasteiger partial charge in [-0.2, -0.15) is 0 Å². The zero-order chi connectivity index (χ0) is 20.1. The number of benzene rings is 2. The van der Waals surface area contributed by atoms with E-state index in [2.05, 4.69) is 66.9 Å². The van der Waals surface area contributed by atoms with Crippen LogP contribution in [0.15, 0.2) is 12.1 Å². The molecule has 0 amide bonds. The topological polar surface area (TPSA) is 0 Å². The minimum absolute atomic E-state index is 1.13. The lowest BCUT2D eigenvalue weighted by Gasteiger charge is -2.24. The lowest BCUT2D eigenvalue weighted by Crippen LogP contribution is -2.13. The summed E-state index contributed by atoms with van der Waals surface area (Å²) < 4.78 is 0. The molecule has 0 aliphatic heterocycles. The average Bonchev–Trinajstić information content (AvgIpc) is 2.64. The minimum Gasteiger partial charge on any atom is -0.0755 e. The first-order valence-corrected chi connectivity index (χ1v) is 11.7. The average molecular weight is 381 g/mol. The third-order valence-corrected chi connectivity index (χ3v) is 6.88. The lowest BCUT2D eigenvalue weighted by molar-refractivity contribution is 0.873. The summed E-state index contributed by atoms with van der Waals surface area (Å²) in [4.78, 5) is 0. The molecule has 1 heteroatoms. The maximum atomic E-state index is 4.29. The third-order valence-electron chi connectivity index (χ3n) is 6.00. The molecule has 0 radical (unpaired) electrons. The Hall–Kier alpha value is -1.39. The van der Waals surface area contributed by atoms with Gasteiger partial charge in [0, 0.05) is 5.30 Å². The van der Waals surface area contributed by atoms with Gasteiger partial charge < -0.3 is 0 Å². The molecule has 0 N–H and O–H groups in total. The highest BCUT2D eigenvalue weighted by atomic mass is 31.1. The first-order chi connectivity index (χ1) is 12.9. The molecule has 0 saturated heterocycles. The molecule has 0 saturated carbocycles. The summed E-state index contributed by atoms with van der Waals surface area (Å²) in [6.45, 7) is 16.0. The van der Waals surface area contributed by atoms with Gasteiger partial charge in [-0.05, 0) is 97.0 Å². The van der Waals surface area contributed by atoms with Gasteiger partial charge in [0.25, 0.3) is 0 Å². The Bertz CT molecular complexity index is 800. The fourth-order valence-electron chi connectivity index (χ4n) is 4.32. The molecule has 0 aliphatic carbocycles. The number of hydrogen-bond acceptors (Lipinski definition) is 0. The molecular weight excluding hydrogens is 343 g/mol. The fourth-order valence-corrected chi connectivity index (χ4v) is 5.17. The zero-order valence-electron chi connectivity index (χ0n) is 18.6. The van der Waals surface area contributed by atoms with Gasteiger partial charge in [0.2, 0.25) is 0 Å². The van der Waals surface area contributed by atoms with Crippen LogP contribution in [0.5, 0.6) is 0 Å². The van der Waals surface area contributed by atoms with Gasteiger partial charge in [-0.1, -0.05) is 66.7 Å². The van der Waals surface area contributed by atoms with Crippen LogP contribution in [0, 0.1) is 27.7 Å². The minimum atomic E-state index is 1.13. The van der Waals surface area contributed by atoms with Crippen LogP contribution < -0.4 is 5.30 Å². The van der Waals surface area contributed by atoms with Gasteiger partial charge in [0.15, 0.2) is 0 Å². The molecule has 0 nitrogen and oxygen atoms in total. The van der Waals surface area contributed by atoms with E-state index in [-0.39, 0.29) is 0 Å². The molecule has 0 bridgehead atoms. The van der Waals surface area contributed by atoms with Crippen molar-refractivity contribution in [1.82, 2.24) is 0 Å². The molecule has 0 unspecified atom stereocenters. The van der Waals surface area contributed by atoms with E-state index < -0.39 is 0 Å². The van der Waals surface area contributed by atoms with E-state index in [4.69, 9.17) is 0 Å². The Morgan fingerprint density at radius 2 is 1.15 bits per heavy atom. The molecule has 0 aromatic heterocycles. The molecule has 0 fully saturated rings. The van der Waals surface area contributed by atoms with Crippen LogP contribution in [0.1, 0.15) is 79.0 Å². The second kappa shape index (κ2) is 9.70. The van der Waals surface area contributed by atoms with E-state index in [0.717, 1.165) is 21.0 Å². The van der Waals surface area contributed by atoms with Gasteiger partial charge in [0.1, 0.15) is 0 Å². The van der Waals surface area contributed by atoms with Crippen LogP contribution in [0.3, 0.4) is 0 Å². The predicted octanol–water partition coefficient (Wildman–Crippen LogP) is 7.45. The summed E-state index contributed by atoms with van der Waals surface area (Å²) in [5.74, 6) is 0. The van der Waals surface area contributed by atoms with E-state index in [1.165, 1.54) is 69.9 Å². The summed E-state index contributed by atoms with van der Waals surface area (Å²) >= 11 is 0. The van der Waals surface area contributed by atoms with E-state index in [1.807, 2.05) is 0 Å². The summed E-state index contributed by atoms with van der Waals surface area (Å²) in [5, 5.41) is 1.42. The summed E-state index contributed by atoms with van der Waals surface area (Å²) in [5.41, 5.74) is 13.3. The van der Waals surface area contributed by atoms with E-state index in [9.17, 15) is 0 Å². The highest BCUT2D eigenvalue weighted by molar-refractivity contribution is 7.46. The van der Waals surface area contributed by atoms with E-state index in [0.29, 0.717) is 0 Å². The molecule has 2 aromatic rings. The van der Waals surface area contributed by atoms with Gasteiger partial charge in [0.05, 0.1) is 0 Å². The largest absolute Gasteiger partial charge is 0.0755 e. The number of aryl methyl sites for hydroxylation is 3. The van der Waals surface area contributed by atoms with E-state index in [1.54, 1.807) is 11.1 Å². The Kier molecular flexibility index (Phi) is 7.87. The van der Waals surface area contributed by atoms with Crippen LogP contribution in [-0.4, -0.2) is 6.30 Å². The van der Waals surface area contributed by atoms with Crippen molar-refractivity contribution in [2.45, 2.75) is 87.0 Å². The Morgan fingerprint density at radius 3 is 1.59 bits per heavy atom. The lowest BCUT2D eigenvalue weighted by atomic mass is 9.83. The van der Waals surface area contributed by atoms with E-state index >= 15 is 0 Å². The molecule has 2 aromatic carbocycles. The van der Waals surface area contributed by atoms with Crippen molar-refractivity contribution in [3.05, 3.63) is 51.1 Å². The molecule has 2 rings (SSSR count). The van der Waals surface area contributed by atoms with Crippen molar-refractivity contribution in [2.75, 3.05) is 0 Å². The normalized spacial score (nSPS) is 11.4. The van der Waals surface area contributed by atoms with Crippen LogP contribution in [0.25, 0.3) is 11.1 Å². The fraction of sp³-hybridized carbons (Fsp3) is 0.500. The number of rotatable bonds is 8. The molecule has 146 valence electrons. The van der Waals surface area contributed by atoms with Crippen LogP contribution in [-0.2, 0) is 19.3 Å². The zero-order valence-corrected chi connectivity index (χ0v) is 19.4. The Balaban J connectivity index is 2.94. The van der Waals surface area contributed by atoms with Crippen molar-refractivity contribution in [2.24, 2.45) is 0 Å². The van der Waals surface area contributed by atoms with Crippen LogP contribution >= 0.6 is 8.20 Å². The summed E-state index contributed by atoms with van der Waals surface area (Å²) in [6, 6.07) is 4.99. The smallest absolute Gasteiger partial charge is 0.0125 e. The summed E-state index contributed by atoms with van der Waals surface area (Å²) in [7, 11) is 1.13. The monoisotopic (exact) mass is 380 g/mol. The predicted molar refractivity (Wildman–Crippen MR) is 126 cm³/mol.